The van der Waals surface area contributed by atoms with E-state index < -0.39 is 28.5 Å². The molecule has 0 aliphatic rings. The van der Waals surface area contributed by atoms with Crippen molar-refractivity contribution in [3.05, 3.63) is 118 Å². The molecule has 0 saturated heterocycles. The van der Waals surface area contributed by atoms with Gasteiger partial charge in [0.15, 0.2) is 0 Å². The first-order valence-corrected chi connectivity index (χ1v) is 19.4. The van der Waals surface area contributed by atoms with E-state index >= 15 is 0 Å². The number of anilines is 1. The van der Waals surface area contributed by atoms with Crippen LogP contribution in [-0.2, 0) is 32.6 Å². The summed E-state index contributed by atoms with van der Waals surface area (Å²) in [5.41, 5.74) is 1.73. The first kappa shape index (κ1) is 38.1. The molecule has 0 saturated carbocycles. The molecule has 8 nitrogen and oxygen atoms in total. The van der Waals surface area contributed by atoms with E-state index in [2.05, 4.69) is 5.32 Å². The summed E-state index contributed by atoms with van der Waals surface area (Å²) in [6, 6.07) is 26.3. The Morgan fingerprint density at radius 3 is 2.14 bits per heavy atom. The Hall–Kier alpha value is -3.70. The normalized spacial score (nSPS) is 12.5. The molecule has 0 aliphatic carbocycles. The molecular formula is C37H41Cl2N3O5S2. The van der Waals surface area contributed by atoms with Crippen molar-refractivity contribution < 1.29 is 22.7 Å². The number of nitrogens with zero attached hydrogens (tertiary/aromatic N) is 2. The standard InChI is InChI=1S/C37H41Cl2N3O5S2/c1-5-26(3)40-37(44)35(23-27-10-8-7-9-11-27)41(24-28-12-21-33(38)34(39)22-28)36(43)25-42(29-13-15-30(16-14-29)47-6-2)49(45,46)32-19-17-31(48-4)18-20-32/h7-22,26,35H,5-6,23-25H2,1-4H3,(H,40,44)/t26-,35+/m1/s1. The van der Waals surface area contributed by atoms with Gasteiger partial charge >= 0.3 is 0 Å². The number of sulfonamides is 1. The third-order valence-electron chi connectivity index (χ3n) is 7.97. The van der Waals surface area contributed by atoms with Crippen LogP contribution in [0.4, 0.5) is 5.69 Å². The van der Waals surface area contributed by atoms with E-state index in [1.54, 1.807) is 54.6 Å². The molecule has 0 aromatic heterocycles. The zero-order chi connectivity index (χ0) is 35.6. The second kappa shape index (κ2) is 17.8. The molecule has 0 bridgehead atoms. The van der Waals surface area contributed by atoms with Crippen LogP contribution in [0, 0.1) is 0 Å². The molecule has 4 aromatic carbocycles. The Morgan fingerprint density at radius 1 is 0.878 bits per heavy atom. The van der Waals surface area contributed by atoms with Gasteiger partial charge in [-0.05, 0) is 98.3 Å². The molecule has 0 spiro atoms. The van der Waals surface area contributed by atoms with Crippen molar-refractivity contribution in [3.8, 4) is 5.75 Å². The number of hydrogen-bond donors (Lipinski definition) is 1. The Labute approximate surface area is 303 Å². The van der Waals surface area contributed by atoms with E-state index in [9.17, 15) is 18.0 Å². The number of carbonyl (C=O) groups excluding carboxylic acids is 2. The highest BCUT2D eigenvalue weighted by atomic mass is 35.5. The van der Waals surface area contributed by atoms with Crippen molar-refractivity contribution >= 4 is 62.5 Å². The lowest BCUT2D eigenvalue weighted by Crippen LogP contribution is -2.54. The second-order valence-electron chi connectivity index (χ2n) is 11.4. The first-order chi connectivity index (χ1) is 23.5. The third kappa shape index (κ3) is 10.2. The number of carbonyl (C=O) groups is 2. The lowest BCUT2D eigenvalue weighted by atomic mass is 10.0. The van der Waals surface area contributed by atoms with Gasteiger partial charge in [0.1, 0.15) is 18.3 Å². The summed E-state index contributed by atoms with van der Waals surface area (Å²) in [7, 11) is -4.25. The van der Waals surface area contributed by atoms with Gasteiger partial charge in [0.2, 0.25) is 11.8 Å². The summed E-state index contributed by atoms with van der Waals surface area (Å²) in [5.74, 6) is -0.371. The van der Waals surface area contributed by atoms with Crippen LogP contribution in [-0.4, -0.2) is 56.6 Å². The Kier molecular flexibility index (Phi) is 13.8. The average molecular weight is 743 g/mol. The molecule has 0 fully saturated rings. The lowest BCUT2D eigenvalue weighted by molar-refractivity contribution is -0.140. The van der Waals surface area contributed by atoms with E-state index in [0.717, 1.165) is 14.8 Å². The summed E-state index contributed by atoms with van der Waals surface area (Å²) >= 11 is 14.1. The molecule has 0 unspecified atom stereocenters. The summed E-state index contributed by atoms with van der Waals surface area (Å²) < 4.78 is 35.3. The maximum Gasteiger partial charge on any atom is 0.264 e. The van der Waals surface area contributed by atoms with Crippen LogP contribution < -0.4 is 14.4 Å². The molecule has 4 rings (SSSR count). The first-order valence-electron chi connectivity index (χ1n) is 15.9. The highest BCUT2D eigenvalue weighted by Crippen LogP contribution is 2.29. The summed E-state index contributed by atoms with van der Waals surface area (Å²) in [4.78, 5) is 31.0. The molecule has 49 heavy (non-hydrogen) atoms. The van der Waals surface area contributed by atoms with Crippen molar-refractivity contribution in [2.45, 2.75) is 62.0 Å². The number of amides is 2. The van der Waals surface area contributed by atoms with Crippen molar-refractivity contribution in [2.75, 3.05) is 23.7 Å². The molecule has 1 N–H and O–H groups in total. The van der Waals surface area contributed by atoms with E-state index in [0.29, 0.717) is 34.4 Å². The molecule has 0 radical (unpaired) electrons. The Bertz CT molecular complexity index is 1810. The number of halogens is 2. The fraction of sp³-hybridized carbons (Fsp3) is 0.297. The number of rotatable bonds is 16. The van der Waals surface area contributed by atoms with Crippen LogP contribution in [0.15, 0.2) is 107 Å². The van der Waals surface area contributed by atoms with Crippen LogP contribution in [0.3, 0.4) is 0 Å². The van der Waals surface area contributed by atoms with Crippen molar-refractivity contribution in [1.82, 2.24) is 10.2 Å². The summed E-state index contributed by atoms with van der Waals surface area (Å²) in [6.45, 7) is 5.54. The molecule has 0 heterocycles. The predicted octanol–water partition coefficient (Wildman–Crippen LogP) is 7.86. The minimum atomic E-state index is -4.25. The van der Waals surface area contributed by atoms with E-state index in [4.69, 9.17) is 27.9 Å². The van der Waals surface area contributed by atoms with Gasteiger partial charge in [-0.2, -0.15) is 0 Å². The topological polar surface area (TPSA) is 96.0 Å². The molecule has 4 aromatic rings. The average Bonchev–Trinajstić information content (AvgIpc) is 3.11. The highest BCUT2D eigenvalue weighted by Gasteiger charge is 2.35. The predicted molar refractivity (Wildman–Crippen MR) is 199 cm³/mol. The van der Waals surface area contributed by atoms with Gasteiger partial charge in [0.05, 0.1) is 27.2 Å². The van der Waals surface area contributed by atoms with Gasteiger partial charge in [0.25, 0.3) is 10.0 Å². The minimum Gasteiger partial charge on any atom is -0.494 e. The zero-order valence-electron chi connectivity index (χ0n) is 27.9. The largest absolute Gasteiger partial charge is 0.494 e. The van der Waals surface area contributed by atoms with Gasteiger partial charge in [-0.3, -0.25) is 13.9 Å². The molecular weight excluding hydrogens is 701 g/mol. The van der Waals surface area contributed by atoms with Crippen LogP contribution in [0.25, 0.3) is 0 Å². The van der Waals surface area contributed by atoms with Crippen LogP contribution >= 0.6 is 35.0 Å². The molecule has 0 aliphatic heterocycles. The van der Waals surface area contributed by atoms with Crippen molar-refractivity contribution in [2.24, 2.45) is 0 Å². The number of hydrogen-bond acceptors (Lipinski definition) is 6. The lowest BCUT2D eigenvalue weighted by Gasteiger charge is -2.34. The van der Waals surface area contributed by atoms with Crippen LogP contribution in [0.1, 0.15) is 38.3 Å². The van der Waals surface area contributed by atoms with Crippen molar-refractivity contribution in [3.63, 3.8) is 0 Å². The molecule has 2 atom stereocenters. The molecule has 2 amide bonds. The summed E-state index contributed by atoms with van der Waals surface area (Å²) in [6.07, 6.45) is 2.78. The number of thioether (sulfide) groups is 1. The second-order valence-corrected chi connectivity index (χ2v) is 15.0. The minimum absolute atomic E-state index is 0.0263. The van der Waals surface area contributed by atoms with Crippen molar-refractivity contribution in [1.29, 1.82) is 0 Å². The number of ether oxygens (including phenoxy) is 1. The van der Waals surface area contributed by atoms with Gasteiger partial charge in [-0.15, -0.1) is 11.8 Å². The van der Waals surface area contributed by atoms with Gasteiger partial charge < -0.3 is 15.0 Å². The molecule has 12 heteroatoms. The van der Waals surface area contributed by atoms with E-state index in [1.165, 1.54) is 28.8 Å². The van der Waals surface area contributed by atoms with Gasteiger partial charge in [-0.1, -0.05) is 66.5 Å². The Morgan fingerprint density at radius 2 is 1.55 bits per heavy atom. The highest BCUT2D eigenvalue weighted by molar-refractivity contribution is 7.98. The molecule has 260 valence electrons. The number of nitrogens with one attached hydrogen (secondary N) is 1. The number of benzene rings is 4. The monoisotopic (exact) mass is 741 g/mol. The van der Waals surface area contributed by atoms with E-state index in [-0.39, 0.29) is 35.5 Å². The zero-order valence-corrected chi connectivity index (χ0v) is 31.1. The fourth-order valence-corrected chi connectivity index (χ4v) is 7.25. The Balaban J connectivity index is 1.82. The van der Waals surface area contributed by atoms with Gasteiger partial charge in [-0.25, -0.2) is 8.42 Å². The SMILES string of the molecule is CCOc1ccc(N(CC(=O)N(Cc2ccc(Cl)c(Cl)c2)[C@@H](Cc2ccccc2)C(=O)N[C@H](C)CC)S(=O)(=O)c2ccc(SC)cc2)cc1. The van der Waals surface area contributed by atoms with Gasteiger partial charge in [0, 0.05) is 23.9 Å². The summed E-state index contributed by atoms with van der Waals surface area (Å²) in [5, 5.41) is 3.67. The maximum atomic E-state index is 14.7. The smallest absolute Gasteiger partial charge is 0.264 e. The van der Waals surface area contributed by atoms with Crippen LogP contribution in [0.5, 0.6) is 5.75 Å². The third-order valence-corrected chi connectivity index (χ3v) is 11.2. The fourth-order valence-electron chi connectivity index (χ4n) is 5.11. The van der Waals surface area contributed by atoms with Crippen LogP contribution in [0.2, 0.25) is 10.0 Å². The quantitative estimate of drug-likeness (QED) is 0.118. The maximum absolute atomic E-state index is 14.7. The van der Waals surface area contributed by atoms with E-state index in [1.807, 2.05) is 57.4 Å².